The summed E-state index contributed by atoms with van der Waals surface area (Å²) in [5.74, 6) is -1.01. The van der Waals surface area contributed by atoms with Crippen molar-refractivity contribution in [1.82, 2.24) is 10.2 Å². The summed E-state index contributed by atoms with van der Waals surface area (Å²) in [6.45, 7) is 4.15. The Morgan fingerprint density at radius 1 is 1.57 bits per heavy atom. The van der Waals surface area contributed by atoms with Crippen LogP contribution in [0, 0.1) is 0 Å². The van der Waals surface area contributed by atoms with Crippen LogP contribution in [0.2, 0.25) is 0 Å². The summed E-state index contributed by atoms with van der Waals surface area (Å²) in [6, 6.07) is -0.879. The van der Waals surface area contributed by atoms with Crippen LogP contribution >= 0.6 is 0 Å². The number of urea groups is 1. The summed E-state index contributed by atoms with van der Waals surface area (Å²) >= 11 is 0. The Hall–Kier alpha value is -1.26. The van der Waals surface area contributed by atoms with Gasteiger partial charge in [0.25, 0.3) is 0 Å². The summed E-state index contributed by atoms with van der Waals surface area (Å²) in [6.07, 6.45) is 1.99. The molecule has 0 aliphatic carbocycles. The lowest BCUT2D eigenvalue weighted by Gasteiger charge is -2.23. The van der Waals surface area contributed by atoms with Gasteiger partial charge in [0.2, 0.25) is 0 Å². The van der Waals surface area contributed by atoms with E-state index in [2.05, 4.69) is 5.32 Å². The van der Waals surface area contributed by atoms with Crippen molar-refractivity contribution in [1.29, 1.82) is 0 Å². The van der Waals surface area contributed by atoms with Crippen molar-refractivity contribution in [3.8, 4) is 0 Å². The maximum atomic E-state index is 11.5. The van der Waals surface area contributed by atoms with Crippen LogP contribution in [0.4, 0.5) is 4.79 Å². The van der Waals surface area contributed by atoms with Crippen molar-refractivity contribution < 1.29 is 14.7 Å². The molecule has 1 heterocycles. The first-order chi connectivity index (χ1) is 6.52. The monoisotopic (exact) mass is 200 g/mol. The summed E-state index contributed by atoms with van der Waals surface area (Å²) in [5, 5.41) is 11.0. The van der Waals surface area contributed by atoms with Crippen LogP contribution in [-0.4, -0.2) is 40.6 Å². The predicted molar refractivity (Wildman–Crippen MR) is 51.0 cm³/mol. The third kappa shape index (κ3) is 2.37. The molecule has 1 unspecified atom stereocenters. The molecule has 0 aromatic carbocycles. The zero-order valence-electron chi connectivity index (χ0n) is 8.49. The van der Waals surface area contributed by atoms with E-state index in [-0.39, 0.29) is 12.1 Å². The largest absolute Gasteiger partial charge is 0.480 e. The van der Waals surface area contributed by atoms with Gasteiger partial charge in [-0.15, -0.1) is 0 Å². The Morgan fingerprint density at radius 2 is 2.21 bits per heavy atom. The number of amides is 2. The van der Waals surface area contributed by atoms with Crippen LogP contribution < -0.4 is 5.32 Å². The number of carbonyl (C=O) groups is 2. The van der Waals surface area contributed by atoms with E-state index in [1.54, 1.807) is 4.90 Å². The molecule has 14 heavy (non-hydrogen) atoms. The molecule has 0 radical (unpaired) electrons. The number of hydrogen-bond donors (Lipinski definition) is 2. The number of likely N-dealkylation sites (tertiary alicyclic amines) is 1. The highest BCUT2D eigenvalue weighted by Crippen LogP contribution is 2.16. The van der Waals surface area contributed by atoms with Crippen LogP contribution in [0.3, 0.4) is 0 Å². The van der Waals surface area contributed by atoms with Crippen molar-refractivity contribution in [3.63, 3.8) is 0 Å². The van der Waals surface area contributed by atoms with Gasteiger partial charge in [-0.25, -0.2) is 4.79 Å². The van der Waals surface area contributed by atoms with E-state index >= 15 is 0 Å². The molecule has 2 amide bonds. The van der Waals surface area contributed by atoms with E-state index in [4.69, 9.17) is 5.11 Å². The van der Waals surface area contributed by atoms with Crippen LogP contribution in [0.1, 0.15) is 26.7 Å². The Balaban J connectivity index is 2.45. The minimum atomic E-state index is -1.01. The minimum absolute atomic E-state index is 0.219. The molecule has 0 aromatic heterocycles. The summed E-state index contributed by atoms with van der Waals surface area (Å²) in [5.41, 5.74) is 0. The average molecular weight is 200 g/mol. The Kier molecular flexibility index (Phi) is 3.33. The summed E-state index contributed by atoms with van der Waals surface area (Å²) < 4.78 is 0. The zero-order valence-corrected chi connectivity index (χ0v) is 8.49. The van der Waals surface area contributed by atoms with Crippen LogP contribution in [0.5, 0.6) is 0 Å². The molecule has 1 fully saturated rings. The van der Waals surface area contributed by atoms with E-state index in [1.807, 2.05) is 6.92 Å². The van der Waals surface area contributed by atoms with E-state index in [0.29, 0.717) is 0 Å². The van der Waals surface area contributed by atoms with Gasteiger partial charge in [0.15, 0.2) is 0 Å². The van der Waals surface area contributed by atoms with Crippen molar-refractivity contribution in [2.45, 2.75) is 38.8 Å². The lowest BCUT2D eigenvalue weighted by molar-refractivity contribution is -0.138. The molecule has 2 atom stereocenters. The molecule has 80 valence electrons. The molecular weight excluding hydrogens is 184 g/mol. The highest BCUT2D eigenvalue weighted by molar-refractivity contribution is 5.82. The van der Waals surface area contributed by atoms with Crippen molar-refractivity contribution >= 4 is 12.0 Å². The Bertz CT molecular complexity index is 242. The number of nitrogens with one attached hydrogen (secondary N) is 1. The second-order valence-corrected chi connectivity index (χ2v) is 3.69. The first-order valence-electron chi connectivity index (χ1n) is 4.82. The number of nitrogens with zero attached hydrogens (tertiary/aromatic N) is 1. The molecule has 2 N–H and O–H groups in total. The molecule has 0 spiro atoms. The number of carboxylic acids is 1. The molecule has 5 heteroatoms. The second-order valence-electron chi connectivity index (χ2n) is 3.69. The van der Waals surface area contributed by atoms with Crippen molar-refractivity contribution in [3.05, 3.63) is 0 Å². The minimum Gasteiger partial charge on any atom is -0.480 e. The number of carboxylic acid groups (broad SMARTS) is 1. The molecule has 1 rings (SSSR count). The van der Waals surface area contributed by atoms with E-state index in [0.717, 1.165) is 19.4 Å². The molecule has 0 saturated carbocycles. The van der Waals surface area contributed by atoms with E-state index < -0.39 is 12.0 Å². The molecule has 0 bridgehead atoms. The summed E-state index contributed by atoms with van der Waals surface area (Å²) in [4.78, 5) is 23.7. The zero-order chi connectivity index (χ0) is 10.7. The Labute approximate surface area is 83.1 Å². The first-order valence-corrected chi connectivity index (χ1v) is 4.82. The van der Waals surface area contributed by atoms with Crippen LogP contribution in [0.15, 0.2) is 0 Å². The third-order valence-electron chi connectivity index (χ3n) is 2.52. The molecule has 1 aliphatic rings. The van der Waals surface area contributed by atoms with Gasteiger partial charge in [0.05, 0.1) is 0 Å². The number of rotatable bonds is 2. The highest BCUT2D eigenvalue weighted by atomic mass is 16.4. The molecule has 5 nitrogen and oxygen atoms in total. The number of carbonyl (C=O) groups excluding carboxylic acids is 1. The standard InChI is InChI=1S/C9H16N2O3/c1-6-4-3-5-11(6)9(14)10-7(2)8(12)13/h6-7H,3-5H2,1-2H3,(H,10,14)(H,12,13)/t6?,7-/m1/s1. The SMILES string of the molecule is CC1CCCN1C(=O)N[C@H](C)C(=O)O. The predicted octanol–water partition coefficient (Wildman–Crippen LogP) is 0.653. The fourth-order valence-corrected chi connectivity index (χ4v) is 1.56. The molecule has 1 aliphatic heterocycles. The van der Waals surface area contributed by atoms with Gasteiger partial charge >= 0.3 is 12.0 Å². The van der Waals surface area contributed by atoms with Gasteiger partial charge < -0.3 is 15.3 Å². The lowest BCUT2D eigenvalue weighted by atomic mass is 10.2. The number of aliphatic carboxylic acids is 1. The maximum Gasteiger partial charge on any atom is 0.325 e. The lowest BCUT2D eigenvalue weighted by Crippen LogP contribution is -2.47. The van der Waals surface area contributed by atoms with E-state index in [9.17, 15) is 9.59 Å². The molecular formula is C9H16N2O3. The highest BCUT2D eigenvalue weighted by Gasteiger charge is 2.26. The molecule has 0 aromatic rings. The fourth-order valence-electron chi connectivity index (χ4n) is 1.56. The van der Waals surface area contributed by atoms with Crippen LogP contribution in [0.25, 0.3) is 0 Å². The van der Waals surface area contributed by atoms with Gasteiger partial charge in [-0.05, 0) is 26.7 Å². The van der Waals surface area contributed by atoms with Gasteiger partial charge in [-0.2, -0.15) is 0 Å². The first kappa shape index (κ1) is 10.8. The summed E-state index contributed by atoms with van der Waals surface area (Å²) in [7, 11) is 0. The fraction of sp³-hybridized carbons (Fsp3) is 0.778. The van der Waals surface area contributed by atoms with Gasteiger partial charge in [-0.1, -0.05) is 0 Å². The normalized spacial score (nSPS) is 23.3. The third-order valence-corrected chi connectivity index (χ3v) is 2.52. The topological polar surface area (TPSA) is 69.6 Å². The van der Waals surface area contributed by atoms with E-state index in [1.165, 1.54) is 6.92 Å². The van der Waals surface area contributed by atoms with Crippen molar-refractivity contribution in [2.75, 3.05) is 6.54 Å². The quantitative estimate of drug-likeness (QED) is 0.687. The number of hydrogen-bond acceptors (Lipinski definition) is 2. The van der Waals surface area contributed by atoms with Gasteiger partial charge in [-0.3, -0.25) is 4.79 Å². The Morgan fingerprint density at radius 3 is 2.64 bits per heavy atom. The smallest absolute Gasteiger partial charge is 0.325 e. The molecule has 1 saturated heterocycles. The van der Waals surface area contributed by atoms with Gasteiger partial charge in [0.1, 0.15) is 6.04 Å². The average Bonchev–Trinajstić information content (AvgIpc) is 2.51. The second kappa shape index (κ2) is 4.30. The van der Waals surface area contributed by atoms with Gasteiger partial charge in [0, 0.05) is 12.6 Å². The van der Waals surface area contributed by atoms with Crippen LogP contribution in [-0.2, 0) is 4.79 Å². The maximum absolute atomic E-state index is 11.5. The van der Waals surface area contributed by atoms with Crippen molar-refractivity contribution in [2.24, 2.45) is 0 Å².